The molecule has 0 heterocycles. The van der Waals surface area contributed by atoms with Gasteiger partial charge in [-0.1, -0.05) is 18.2 Å². The molecule has 0 spiro atoms. The fraction of sp³-hybridized carbons (Fsp3) is 0.500. The van der Waals surface area contributed by atoms with Crippen LogP contribution >= 0.6 is 0 Å². The van der Waals surface area contributed by atoms with E-state index in [9.17, 15) is 22.7 Å². The Morgan fingerprint density at radius 1 is 1.26 bits per heavy atom. The Morgan fingerprint density at radius 3 is 2.21 bits per heavy atom. The second-order valence-electron chi connectivity index (χ2n) is 4.41. The van der Waals surface area contributed by atoms with Gasteiger partial charge in [-0.05, 0) is 13.0 Å². The van der Waals surface area contributed by atoms with Crippen LogP contribution in [0.2, 0.25) is 0 Å². The van der Waals surface area contributed by atoms with Crippen LogP contribution in [0.25, 0.3) is 0 Å². The zero-order chi connectivity index (χ0) is 14.8. The van der Waals surface area contributed by atoms with E-state index in [1.165, 1.54) is 25.1 Å². The summed E-state index contributed by atoms with van der Waals surface area (Å²) in [4.78, 5) is 0. The highest BCUT2D eigenvalue weighted by Crippen LogP contribution is 2.33. The predicted octanol–water partition coefficient (Wildman–Crippen LogP) is 1.94. The largest absolute Gasteiger partial charge is 0.417 e. The number of aliphatic hydroxyl groups excluding tert-OH is 1. The summed E-state index contributed by atoms with van der Waals surface area (Å²) in [6, 6.07) is 5.16. The van der Waals surface area contributed by atoms with Crippen molar-refractivity contribution in [1.82, 2.24) is 0 Å². The number of halogens is 4. The van der Waals surface area contributed by atoms with Gasteiger partial charge in [-0.3, -0.25) is 0 Å². The van der Waals surface area contributed by atoms with Crippen molar-refractivity contribution >= 4 is 0 Å². The van der Waals surface area contributed by atoms with Crippen LogP contribution in [0.4, 0.5) is 17.6 Å². The van der Waals surface area contributed by atoms with Crippen molar-refractivity contribution in [3.63, 3.8) is 0 Å². The maximum atomic E-state index is 13.6. The van der Waals surface area contributed by atoms with Gasteiger partial charge in [-0.2, -0.15) is 13.2 Å². The second kappa shape index (κ2) is 5.44. The summed E-state index contributed by atoms with van der Waals surface area (Å²) in [7, 11) is 0.978. The summed E-state index contributed by atoms with van der Waals surface area (Å²) in [5.41, 5.74) is 3.77. The normalized spacial score (nSPS) is 18.7. The molecule has 0 amide bonds. The van der Waals surface area contributed by atoms with Gasteiger partial charge in [-0.25, -0.2) is 4.39 Å². The minimum absolute atomic E-state index is 0.162. The average Bonchev–Trinajstić information content (AvgIpc) is 2.28. The first kappa shape index (κ1) is 15.9. The fourth-order valence-electron chi connectivity index (χ4n) is 1.92. The number of nitrogens with two attached hydrogens (primary N) is 1. The van der Waals surface area contributed by atoms with Crippen molar-refractivity contribution < 1.29 is 27.4 Å². The van der Waals surface area contributed by atoms with Gasteiger partial charge in [0.05, 0.1) is 5.54 Å². The van der Waals surface area contributed by atoms with Crippen molar-refractivity contribution in [2.24, 2.45) is 5.73 Å². The molecule has 108 valence electrons. The van der Waals surface area contributed by atoms with E-state index < -0.39 is 29.7 Å². The molecule has 3 atom stereocenters. The lowest BCUT2D eigenvalue weighted by atomic mass is 9.84. The summed E-state index contributed by atoms with van der Waals surface area (Å²) < 4.78 is 56.0. The smallest absolute Gasteiger partial charge is 0.381 e. The Labute approximate surface area is 108 Å². The van der Waals surface area contributed by atoms with E-state index in [1.807, 2.05) is 0 Å². The molecule has 0 aliphatic rings. The molecule has 0 unspecified atom stereocenters. The Balaban J connectivity index is 3.20. The Hall–Kier alpha value is -1.18. The van der Waals surface area contributed by atoms with Crippen molar-refractivity contribution in [2.45, 2.75) is 30.8 Å². The van der Waals surface area contributed by atoms with Crippen LogP contribution in [0.3, 0.4) is 0 Å². The van der Waals surface area contributed by atoms with Crippen LogP contribution in [0.15, 0.2) is 24.3 Å². The number of rotatable bonds is 4. The van der Waals surface area contributed by atoms with Crippen molar-refractivity contribution in [3.05, 3.63) is 35.6 Å². The number of hydrogen-bond donors (Lipinski definition) is 2. The Morgan fingerprint density at radius 2 is 1.79 bits per heavy atom. The number of hydrogen-bond acceptors (Lipinski definition) is 3. The maximum Gasteiger partial charge on any atom is 0.417 e. The highest BCUT2D eigenvalue weighted by Gasteiger charge is 2.51. The van der Waals surface area contributed by atoms with Gasteiger partial charge in [0, 0.05) is 12.7 Å². The molecule has 0 aromatic heterocycles. The first-order chi connectivity index (χ1) is 8.62. The van der Waals surface area contributed by atoms with E-state index >= 15 is 0 Å². The molecule has 1 aromatic rings. The summed E-state index contributed by atoms with van der Waals surface area (Å²) in [5, 5.41) is 9.28. The lowest BCUT2D eigenvalue weighted by Crippen LogP contribution is -2.56. The van der Waals surface area contributed by atoms with E-state index in [0.29, 0.717) is 0 Å². The summed E-state index contributed by atoms with van der Waals surface area (Å²) in [6.45, 7) is 1.18. The van der Waals surface area contributed by atoms with Gasteiger partial charge in [0.1, 0.15) is 11.9 Å². The van der Waals surface area contributed by atoms with Gasteiger partial charge in [0.15, 0.2) is 6.10 Å². The third-order valence-corrected chi connectivity index (χ3v) is 2.92. The number of aliphatic hydroxyl groups is 1. The van der Waals surface area contributed by atoms with Crippen LogP contribution in [-0.4, -0.2) is 30.6 Å². The molecule has 1 rings (SSSR count). The van der Waals surface area contributed by atoms with E-state index in [0.717, 1.165) is 13.2 Å². The molecular formula is C12H15F4NO2. The molecule has 1 aromatic carbocycles. The zero-order valence-electron chi connectivity index (χ0n) is 10.4. The highest BCUT2D eigenvalue weighted by molar-refractivity contribution is 5.27. The minimum atomic E-state index is -4.91. The van der Waals surface area contributed by atoms with Gasteiger partial charge in [0.2, 0.25) is 0 Å². The molecule has 7 heteroatoms. The molecule has 0 fully saturated rings. The zero-order valence-corrected chi connectivity index (χ0v) is 10.4. The quantitative estimate of drug-likeness (QED) is 0.829. The van der Waals surface area contributed by atoms with Gasteiger partial charge < -0.3 is 15.6 Å². The fourth-order valence-corrected chi connectivity index (χ4v) is 1.92. The number of alkyl halides is 3. The average molecular weight is 281 g/mol. The summed E-state index contributed by atoms with van der Waals surface area (Å²) >= 11 is 0. The molecule has 3 N–H and O–H groups in total. The van der Waals surface area contributed by atoms with Crippen LogP contribution in [0.1, 0.15) is 12.5 Å². The standard InChI is InChI=1S/C12H15F4NO2/c1-11(17,7-5-3-4-6-8(7)13)10(19-2)9(18)12(14,15)16/h3-6,9-10,18H,17H2,1-2H3/t9-,10-,11+/m0/s1. The molecule has 0 saturated heterocycles. The molecular weight excluding hydrogens is 266 g/mol. The van der Waals surface area contributed by atoms with Crippen LogP contribution in [0, 0.1) is 5.82 Å². The SMILES string of the molecule is CO[C@@H]([C@H](O)C(F)(F)F)[C@](C)(N)c1ccccc1F. The first-order valence-corrected chi connectivity index (χ1v) is 5.43. The van der Waals surface area contributed by atoms with Gasteiger partial charge in [-0.15, -0.1) is 0 Å². The number of ether oxygens (including phenoxy) is 1. The maximum absolute atomic E-state index is 13.6. The van der Waals surface area contributed by atoms with Crippen LogP contribution < -0.4 is 5.73 Å². The van der Waals surface area contributed by atoms with E-state index in [2.05, 4.69) is 4.74 Å². The van der Waals surface area contributed by atoms with E-state index in [4.69, 9.17) is 5.73 Å². The van der Waals surface area contributed by atoms with E-state index in [-0.39, 0.29) is 5.56 Å². The lowest BCUT2D eigenvalue weighted by Gasteiger charge is -2.37. The monoisotopic (exact) mass is 281 g/mol. The third-order valence-electron chi connectivity index (χ3n) is 2.92. The van der Waals surface area contributed by atoms with Gasteiger partial charge in [0.25, 0.3) is 0 Å². The minimum Gasteiger partial charge on any atom is -0.381 e. The number of benzene rings is 1. The Kier molecular flexibility index (Phi) is 4.54. The summed E-state index contributed by atoms with van der Waals surface area (Å²) in [6.07, 6.45) is -9.55. The number of methoxy groups -OCH3 is 1. The molecule has 0 saturated carbocycles. The predicted molar refractivity (Wildman–Crippen MR) is 60.8 cm³/mol. The molecule has 0 aliphatic carbocycles. The molecule has 3 nitrogen and oxygen atoms in total. The van der Waals surface area contributed by atoms with E-state index in [1.54, 1.807) is 0 Å². The summed E-state index contributed by atoms with van der Waals surface area (Å²) in [5.74, 6) is -0.760. The third kappa shape index (κ3) is 3.23. The van der Waals surface area contributed by atoms with Crippen molar-refractivity contribution in [2.75, 3.05) is 7.11 Å². The highest BCUT2D eigenvalue weighted by atomic mass is 19.4. The first-order valence-electron chi connectivity index (χ1n) is 5.43. The second-order valence-corrected chi connectivity index (χ2v) is 4.41. The Bertz CT molecular complexity index is 434. The topological polar surface area (TPSA) is 55.5 Å². The van der Waals surface area contributed by atoms with Gasteiger partial charge >= 0.3 is 6.18 Å². The van der Waals surface area contributed by atoms with Crippen LogP contribution in [0.5, 0.6) is 0 Å². The van der Waals surface area contributed by atoms with Crippen molar-refractivity contribution in [1.29, 1.82) is 0 Å². The molecule has 0 bridgehead atoms. The van der Waals surface area contributed by atoms with Crippen molar-refractivity contribution in [3.8, 4) is 0 Å². The molecule has 0 radical (unpaired) electrons. The molecule has 19 heavy (non-hydrogen) atoms. The molecule has 0 aliphatic heterocycles. The lowest BCUT2D eigenvalue weighted by molar-refractivity contribution is -0.242. The van der Waals surface area contributed by atoms with Crippen LogP contribution in [-0.2, 0) is 10.3 Å².